The zero-order valence-electron chi connectivity index (χ0n) is 16.7. The Morgan fingerprint density at radius 3 is 2.74 bits per heavy atom. The summed E-state index contributed by atoms with van der Waals surface area (Å²) in [4.78, 5) is 0. The molecule has 27 heavy (non-hydrogen) atoms. The van der Waals surface area contributed by atoms with Gasteiger partial charge in [0.25, 0.3) is 0 Å². The van der Waals surface area contributed by atoms with Crippen LogP contribution in [0.3, 0.4) is 0 Å². The van der Waals surface area contributed by atoms with Gasteiger partial charge in [-0.25, -0.2) is 0 Å². The topological polar surface area (TPSA) is 55.5 Å². The Labute approximate surface area is 163 Å². The van der Waals surface area contributed by atoms with E-state index in [0.717, 1.165) is 11.7 Å². The van der Waals surface area contributed by atoms with E-state index in [1.165, 1.54) is 67.7 Å². The van der Waals surface area contributed by atoms with Gasteiger partial charge in [0, 0.05) is 6.04 Å². The smallest absolute Gasteiger partial charge is 0.120 e. The quantitative estimate of drug-likeness (QED) is 0.596. The molecule has 3 rings (SSSR count). The highest BCUT2D eigenvalue weighted by atomic mass is 16.5. The van der Waals surface area contributed by atoms with Crippen molar-refractivity contribution >= 4 is 10.8 Å². The molecular formula is C24H35NO2. The number of aliphatic hydroxyl groups excluding tert-OH is 1. The number of hydrogen-bond donors (Lipinski definition) is 2. The molecule has 3 atom stereocenters. The summed E-state index contributed by atoms with van der Waals surface area (Å²) < 4.78 is 6.36. The molecule has 1 aliphatic rings. The first kappa shape index (κ1) is 20.2. The van der Waals surface area contributed by atoms with E-state index in [2.05, 4.69) is 43.3 Å². The van der Waals surface area contributed by atoms with Gasteiger partial charge in [-0.05, 0) is 60.1 Å². The molecule has 3 N–H and O–H groups in total. The molecule has 3 heteroatoms. The second-order valence-corrected chi connectivity index (χ2v) is 8.26. The number of unbranched alkanes of at least 4 members (excludes halogenated alkanes) is 2. The van der Waals surface area contributed by atoms with Crippen LogP contribution in [0, 0.1) is 5.92 Å². The van der Waals surface area contributed by atoms with Gasteiger partial charge in [0.1, 0.15) is 5.75 Å². The lowest BCUT2D eigenvalue weighted by atomic mass is 9.84. The van der Waals surface area contributed by atoms with Gasteiger partial charge in [0.05, 0.1) is 12.7 Å². The summed E-state index contributed by atoms with van der Waals surface area (Å²) in [5, 5.41) is 11.5. The molecule has 0 saturated heterocycles. The van der Waals surface area contributed by atoms with Crippen molar-refractivity contribution in [2.24, 2.45) is 11.7 Å². The number of nitrogens with two attached hydrogens (primary N) is 1. The Morgan fingerprint density at radius 2 is 1.93 bits per heavy atom. The van der Waals surface area contributed by atoms with Gasteiger partial charge < -0.3 is 15.6 Å². The van der Waals surface area contributed by atoms with Gasteiger partial charge in [-0.3, -0.25) is 0 Å². The van der Waals surface area contributed by atoms with Gasteiger partial charge in [-0.15, -0.1) is 0 Å². The van der Waals surface area contributed by atoms with Crippen LogP contribution in [-0.4, -0.2) is 23.9 Å². The summed E-state index contributed by atoms with van der Waals surface area (Å²) in [6, 6.07) is 12.6. The van der Waals surface area contributed by atoms with Crippen LogP contribution in [0.15, 0.2) is 36.4 Å². The van der Waals surface area contributed by atoms with Crippen LogP contribution in [0.5, 0.6) is 5.75 Å². The molecule has 0 radical (unpaired) electrons. The van der Waals surface area contributed by atoms with Gasteiger partial charge in [0.15, 0.2) is 0 Å². The molecule has 0 bridgehead atoms. The fraction of sp³-hybridized carbons (Fsp3) is 0.583. The summed E-state index contributed by atoms with van der Waals surface area (Å²) in [7, 11) is 0. The Balaban J connectivity index is 1.60. The van der Waals surface area contributed by atoms with E-state index < -0.39 is 0 Å². The van der Waals surface area contributed by atoms with Crippen molar-refractivity contribution in [2.45, 2.75) is 76.9 Å². The maximum absolute atomic E-state index is 9.14. The molecule has 0 amide bonds. The van der Waals surface area contributed by atoms with Crippen molar-refractivity contribution in [3.8, 4) is 5.75 Å². The van der Waals surface area contributed by atoms with E-state index in [1.54, 1.807) is 0 Å². The predicted octanol–water partition coefficient (Wildman–Crippen LogP) is 5.22. The van der Waals surface area contributed by atoms with Crippen molar-refractivity contribution in [3.63, 3.8) is 0 Å². The summed E-state index contributed by atoms with van der Waals surface area (Å²) in [5.41, 5.74) is 7.02. The third-order valence-electron chi connectivity index (χ3n) is 5.86. The van der Waals surface area contributed by atoms with E-state index in [-0.39, 0.29) is 12.6 Å². The standard InChI is InChI=1S/C24H35NO2/c1-2-3-4-6-18-7-5-8-23(15-18)27-24-12-11-20-13-19(14-22(25)17-26)9-10-21(20)16-24/h9-13,16,18,22-23,26H,2-8,14-15,17,25H2,1H3/t18?,22-,23?/m1/s1. The van der Waals surface area contributed by atoms with Gasteiger partial charge in [-0.1, -0.05) is 63.3 Å². The first-order valence-corrected chi connectivity index (χ1v) is 10.7. The van der Waals surface area contributed by atoms with Crippen molar-refractivity contribution in [1.82, 2.24) is 0 Å². The average molecular weight is 370 g/mol. The van der Waals surface area contributed by atoms with Crippen LogP contribution in [0.1, 0.15) is 63.9 Å². The van der Waals surface area contributed by atoms with Crippen molar-refractivity contribution < 1.29 is 9.84 Å². The number of fused-ring (bicyclic) bond motifs is 1. The minimum atomic E-state index is -0.193. The van der Waals surface area contributed by atoms with Crippen LogP contribution >= 0.6 is 0 Å². The minimum absolute atomic E-state index is 0.0195. The number of ether oxygens (including phenoxy) is 1. The predicted molar refractivity (Wildman–Crippen MR) is 113 cm³/mol. The molecule has 1 fully saturated rings. The van der Waals surface area contributed by atoms with Gasteiger partial charge >= 0.3 is 0 Å². The highest BCUT2D eigenvalue weighted by Crippen LogP contribution is 2.32. The minimum Gasteiger partial charge on any atom is -0.490 e. The van der Waals surface area contributed by atoms with Gasteiger partial charge in [-0.2, -0.15) is 0 Å². The molecule has 0 aromatic heterocycles. The van der Waals surface area contributed by atoms with Crippen LogP contribution in [-0.2, 0) is 6.42 Å². The lowest BCUT2D eigenvalue weighted by Crippen LogP contribution is -2.26. The molecule has 2 unspecified atom stereocenters. The molecule has 1 saturated carbocycles. The molecule has 0 heterocycles. The third kappa shape index (κ3) is 5.95. The molecule has 2 aromatic carbocycles. The molecular weight excluding hydrogens is 334 g/mol. The second-order valence-electron chi connectivity index (χ2n) is 8.26. The fourth-order valence-corrected chi connectivity index (χ4v) is 4.33. The summed E-state index contributed by atoms with van der Waals surface area (Å²) >= 11 is 0. The lowest BCUT2D eigenvalue weighted by Gasteiger charge is -2.29. The van der Waals surface area contributed by atoms with Crippen LogP contribution in [0.4, 0.5) is 0 Å². The number of rotatable bonds is 9. The molecule has 2 aromatic rings. The largest absolute Gasteiger partial charge is 0.490 e. The van der Waals surface area contributed by atoms with Crippen LogP contribution < -0.4 is 10.5 Å². The maximum Gasteiger partial charge on any atom is 0.120 e. The molecule has 0 aliphatic heterocycles. The van der Waals surface area contributed by atoms with E-state index in [9.17, 15) is 0 Å². The number of benzene rings is 2. The second kappa shape index (κ2) is 10.1. The monoisotopic (exact) mass is 369 g/mol. The Bertz CT molecular complexity index is 715. The van der Waals surface area contributed by atoms with Crippen molar-refractivity contribution in [1.29, 1.82) is 0 Å². The first-order chi connectivity index (χ1) is 13.2. The third-order valence-corrected chi connectivity index (χ3v) is 5.86. The molecule has 0 spiro atoms. The Kier molecular flexibility index (Phi) is 7.54. The Hall–Kier alpha value is -1.58. The number of hydrogen-bond acceptors (Lipinski definition) is 3. The van der Waals surface area contributed by atoms with E-state index >= 15 is 0 Å². The number of aliphatic hydroxyl groups is 1. The molecule has 3 nitrogen and oxygen atoms in total. The van der Waals surface area contributed by atoms with Gasteiger partial charge in [0.2, 0.25) is 0 Å². The van der Waals surface area contributed by atoms with Crippen molar-refractivity contribution in [2.75, 3.05) is 6.61 Å². The molecule has 1 aliphatic carbocycles. The van der Waals surface area contributed by atoms with Crippen molar-refractivity contribution in [3.05, 3.63) is 42.0 Å². The summed E-state index contributed by atoms with van der Waals surface area (Å²) in [6.45, 7) is 2.29. The normalized spacial score (nSPS) is 21.3. The van der Waals surface area contributed by atoms with E-state index in [4.69, 9.17) is 15.6 Å². The zero-order chi connectivity index (χ0) is 19.1. The molecule has 148 valence electrons. The Morgan fingerprint density at radius 1 is 1.11 bits per heavy atom. The van der Waals surface area contributed by atoms with Crippen LogP contribution in [0.2, 0.25) is 0 Å². The SMILES string of the molecule is CCCCCC1CCCC(Oc2ccc3cc(C[C@@H](N)CO)ccc3c2)C1. The highest BCUT2D eigenvalue weighted by molar-refractivity contribution is 5.84. The van der Waals surface area contributed by atoms with E-state index in [0.29, 0.717) is 12.5 Å². The first-order valence-electron chi connectivity index (χ1n) is 10.7. The summed E-state index contributed by atoms with van der Waals surface area (Å²) in [5.74, 6) is 1.83. The zero-order valence-corrected chi connectivity index (χ0v) is 16.7. The average Bonchev–Trinajstić information content (AvgIpc) is 2.68. The summed E-state index contributed by atoms with van der Waals surface area (Å²) in [6.07, 6.45) is 11.5. The lowest BCUT2D eigenvalue weighted by molar-refractivity contribution is 0.119. The van der Waals surface area contributed by atoms with Crippen LogP contribution in [0.25, 0.3) is 10.8 Å². The maximum atomic E-state index is 9.14. The van der Waals surface area contributed by atoms with E-state index in [1.807, 2.05) is 0 Å². The highest BCUT2D eigenvalue weighted by Gasteiger charge is 2.23. The fourth-order valence-electron chi connectivity index (χ4n) is 4.33.